The van der Waals surface area contributed by atoms with Crippen LogP contribution in [-0.4, -0.2) is 37.4 Å². The summed E-state index contributed by atoms with van der Waals surface area (Å²) in [6, 6.07) is 9.23. The van der Waals surface area contributed by atoms with Crippen molar-refractivity contribution < 1.29 is 17.7 Å². The summed E-state index contributed by atoms with van der Waals surface area (Å²) in [5, 5.41) is 10.6. The highest BCUT2D eigenvalue weighted by Crippen LogP contribution is 2.24. The quantitative estimate of drug-likeness (QED) is 0.654. The van der Waals surface area contributed by atoms with E-state index in [9.17, 15) is 8.42 Å². The number of aromatic nitrogens is 3. The molecule has 138 valence electrons. The number of aryl methyl sites for hydroxylation is 2. The van der Waals surface area contributed by atoms with E-state index in [0.29, 0.717) is 29.3 Å². The van der Waals surface area contributed by atoms with Crippen LogP contribution in [0.4, 0.5) is 0 Å². The molecule has 0 amide bonds. The number of rotatable bonds is 7. The molecular formula is C17H20N4O4S. The molecule has 0 radical (unpaired) electrons. The first kappa shape index (κ1) is 18.2. The molecule has 0 atom stereocenters. The smallest absolute Gasteiger partial charge is 0.244 e. The van der Waals surface area contributed by atoms with Crippen molar-refractivity contribution in [1.82, 2.24) is 20.1 Å². The molecule has 2 aromatic heterocycles. The van der Waals surface area contributed by atoms with E-state index in [4.69, 9.17) is 9.26 Å². The van der Waals surface area contributed by atoms with Crippen LogP contribution in [0.25, 0.3) is 11.3 Å². The Bertz CT molecular complexity index is 988. The lowest BCUT2D eigenvalue weighted by Gasteiger charge is -2.05. The van der Waals surface area contributed by atoms with Crippen molar-refractivity contribution in [3.63, 3.8) is 0 Å². The van der Waals surface area contributed by atoms with E-state index in [1.54, 1.807) is 27.0 Å². The Kier molecular flexibility index (Phi) is 5.10. The lowest BCUT2D eigenvalue weighted by molar-refractivity contribution is 0.412. The molecule has 0 aliphatic heterocycles. The number of methoxy groups -OCH3 is 1. The molecule has 0 fully saturated rings. The van der Waals surface area contributed by atoms with Gasteiger partial charge in [0.1, 0.15) is 10.6 Å². The minimum atomic E-state index is -3.62. The third-order valence-corrected chi connectivity index (χ3v) is 5.64. The average molecular weight is 376 g/mol. The van der Waals surface area contributed by atoms with E-state index in [0.717, 1.165) is 11.3 Å². The van der Waals surface area contributed by atoms with Crippen LogP contribution in [-0.2, 0) is 16.4 Å². The third kappa shape index (κ3) is 3.78. The lowest BCUT2D eigenvalue weighted by atomic mass is 10.1. The largest absolute Gasteiger partial charge is 0.497 e. The van der Waals surface area contributed by atoms with Gasteiger partial charge in [0.25, 0.3) is 0 Å². The second kappa shape index (κ2) is 7.30. The van der Waals surface area contributed by atoms with Crippen molar-refractivity contribution in [2.45, 2.75) is 25.2 Å². The highest BCUT2D eigenvalue weighted by molar-refractivity contribution is 7.89. The van der Waals surface area contributed by atoms with Gasteiger partial charge in [0.05, 0.1) is 24.2 Å². The normalized spacial score (nSPS) is 11.7. The van der Waals surface area contributed by atoms with Gasteiger partial charge in [-0.25, -0.2) is 13.1 Å². The fourth-order valence-electron chi connectivity index (χ4n) is 2.66. The summed E-state index contributed by atoms with van der Waals surface area (Å²) >= 11 is 0. The molecule has 3 aromatic rings. The van der Waals surface area contributed by atoms with Crippen LogP contribution in [0.5, 0.6) is 5.75 Å². The van der Waals surface area contributed by atoms with Crippen LogP contribution in [0.3, 0.4) is 0 Å². The minimum Gasteiger partial charge on any atom is -0.497 e. The van der Waals surface area contributed by atoms with Gasteiger partial charge in [-0.05, 0) is 26.0 Å². The summed E-state index contributed by atoms with van der Waals surface area (Å²) in [6.07, 6.45) is 0.405. The molecule has 8 nitrogen and oxygen atoms in total. The van der Waals surface area contributed by atoms with Gasteiger partial charge in [-0.3, -0.25) is 5.10 Å². The monoisotopic (exact) mass is 376 g/mol. The molecule has 0 aliphatic carbocycles. The molecule has 1 aromatic carbocycles. The van der Waals surface area contributed by atoms with E-state index < -0.39 is 10.0 Å². The molecule has 2 heterocycles. The Morgan fingerprint density at radius 2 is 2.08 bits per heavy atom. The highest BCUT2D eigenvalue weighted by atomic mass is 32.2. The highest BCUT2D eigenvalue weighted by Gasteiger charge is 2.21. The lowest BCUT2D eigenvalue weighted by Crippen LogP contribution is -2.26. The molecule has 0 spiro atoms. The predicted octanol–water partition coefficient (Wildman–Crippen LogP) is 2.21. The Balaban J connectivity index is 1.65. The number of aromatic amines is 1. The van der Waals surface area contributed by atoms with Gasteiger partial charge in [-0.1, -0.05) is 17.3 Å². The van der Waals surface area contributed by atoms with Crippen LogP contribution in [0, 0.1) is 13.8 Å². The Hall–Kier alpha value is -2.65. The first-order valence-corrected chi connectivity index (χ1v) is 9.50. The van der Waals surface area contributed by atoms with Crippen molar-refractivity contribution in [2.75, 3.05) is 13.7 Å². The second-order valence-electron chi connectivity index (χ2n) is 5.83. The molecule has 0 aliphatic rings. The molecule has 0 bridgehead atoms. The predicted molar refractivity (Wildman–Crippen MR) is 95.4 cm³/mol. The summed E-state index contributed by atoms with van der Waals surface area (Å²) in [7, 11) is -2.02. The first-order valence-electron chi connectivity index (χ1n) is 8.02. The van der Waals surface area contributed by atoms with Crippen molar-refractivity contribution >= 4 is 10.0 Å². The number of benzene rings is 1. The van der Waals surface area contributed by atoms with Crippen molar-refractivity contribution in [1.29, 1.82) is 0 Å². The first-order chi connectivity index (χ1) is 12.4. The number of nitrogens with zero attached hydrogens (tertiary/aromatic N) is 2. The molecule has 0 saturated heterocycles. The van der Waals surface area contributed by atoms with Crippen molar-refractivity contribution in [3.05, 3.63) is 47.4 Å². The fraction of sp³-hybridized carbons (Fsp3) is 0.294. The van der Waals surface area contributed by atoms with E-state index >= 15 is 0 Å². The van der Waals surface area contributed by atoms with E-state index in [2.05, 4.69) is 20.1 Å². The van der Waals surface area contributed by atoms with Gasteiger partial charge >= 0.3 is 0 Å². The Labute approximate surface area is 151 Å². The van der Waals surface area contributed by atoms with Crippen LogP contribution >= 0.6 is 0 Å². The maximum atomic E-state index is 12.4. The molecule has 9 heteroatoms. The summed E-state index contributed by atoms with van der Waals surface area (Å²) in [5.74, 6) is 1.32. The summed E-state index contributed by atoms with van der Waals surface area (Å²) in [4.78, 5) is 0.190. The zero-order valence-corrected chi connectivity index (χ0v) is 15.6. The van der Waals surface area contributed by atoms with Gasteiger partial charge < -0.3 is 9.26 Å². The van der Waals surface area contributed by atoms with Crippen LogP contribution in [0.2, 0.25) is 0 Å². The maximum absolute atomic E-state index is 12.4. The molecule has 26 heavy (non-hydrogen) atoms. The third-order valence-electron chi connectivity index (χ3n) is 3.92. The van der Waals surface area contributed by atoms with Crippen LogP contribution < -0.4 is 9.46 Å². The van der Waals surface area contributed by atoms with E-state index in [-0.39, 0.29) is 11.4 Å². The molecule has 0 unspecified atom stereocenters. The SMILES string of the molecule is COc1cccc(-c2cc(CCNS(=O)(=O)c3c(C)n[nH]c3C)no2)c1. The average Bonchev–Trinajstić information content (AvgIpc) is 3.21. The Morgan fingerprint density at radius 1 is 1.27 bits per heavy atom. The van der Waals surface area contributed by atoms with Crippen molar-refractivity contribution in [2.24, 2.45) is 0 Å². The fourth-order valence-corrected chi connectivity index (χ4v) is 4.06. The molecule has 2 N–H and O–H groups in total. The number of hydrogen-bond acceptors (Lipinski definition) is 6. The topological polar surface area (TPSA) is 110 Å². The van der Waals surface area contributed by atoms with Crippen molar-refractivity contribution in [3.8, 4) is 17.1 Å². The van der Waals surface area contributed by atoms with E-state index in [1.807, 2.05) is 24.3 Å². The number of sulfonamides is 1. The summed E-state index contributed by atoms with van der Waals surface area (Å²) in [6.45, 7) is 3.53. The molecule has 0 saturated carbocycles. The second-order valence-corrected chi connectivity index (χ2v) is 7.53. The van der Waals surface area contributed by atoms with Crippen LogP contribution in [0.1, 0.15) is 17.1 Å². The standard InChI is InChI=1S/C17H20N4O4S/c1-11-17(12(2)20-19-11)26(22,23)18-8-7-14-10-16(25-21-14)13-5-4-6-15(9-13)24-3/h4-6,9-10,18H,7-8H2,1-3H3,(H,19,20). The van der Waals surface area contributed by atoms with Gasteiger partial charge in [0.15, 0.2) is 5.76 Å². The van der Waals surface area contributed by atoms with Gasteiger partial charge in [-0.2, -0.15) is 5.10 Å². The number of nitrogens with one attached hydrogen (secondary N) is 2. The maximum Gasteiger partial charge on any atom is 0.244 e. The number of hydrogen-bond donors (Lipinski definition) is 2. The summed E-state index contributed by atoms with van der Waals surface area (Å²) < 4.78 is 37.9. The zero-order valence-electron chi connectivity index (χ0n) is 14.7. The van der Waals surface area contributed by atoms with Crippen LogP contribution in [0.15, 0.2) is 39.8 Å². The Morgan fingerprint density at radius 3 is 2.77 bits per heavy atom. The summed E-state index contributed by atoms with van der Waals surface area (Å²) in [5.41, 5.74) is 2.45. The molecular weight excluding hydrogens is 356 g/mol. The number of ether oxygens (including phenoxy) is 1. The minimum absolute atomic E-state index is 0.190. The van der Waals surface area contributed by atoms with Gasteiger partial charge in [-0.15, -0.1) is 0 Å². The van der Waals surface area contributed by atoms with Gasteiger partial charge in [0, 0.05) is 24.6 Å². The number of H-pyrrole nitrogens is 1. The molecule has 3 rings (SSSR count). The zero-order chi connectivity index (χ0) is 18.7. The van der Waals surface area contributed by atoms with E-state index in [1.165, 1.54) is 0 Å². The van der Waals surface area contributed by atoms with Gasteiger partial charge in [0.2, 0.25) is 10.0 Å².